The van der Waals surface area contributed by atoms with Crippen molar-refractivity contribution < 1.29 is 4.74 Å². The average Bonchev–Trinajstić information content (AvgIpc) is 3.05. The Kier molecular flexibility index (Phi) is 3.39. The van der Waals surface area contributed by atoms with Crippen molar-refractivity contribution in [2.75, 3.05) is 12.8 Å². The number of nitrogens with one attached hydrogen (secondary N) is 1. The molecule has 0 atom stereocenters. The second kappa shape index (κ2) is 5.70. The van der Waals surface area contributed by atoms with Gasteiger partial charge in [-0.05, 0) is 18.2 Å². The summed E-state index contributed by atoms with van der Waals surface area (Å²) in [5.74, 6) is 0.824. The van der Waals surface area contributed by atoms with Crippen molar-refractivity contribution >= 4 is 16.7 Å². The molecule has 0 amide bonds. The maximum atomic E-state index is 6.07. The summed E-state index contributed by atoms with van der Waals surface area (Å²) in [7, 11) is 1.67. The Balaban J connectivity index is 1.93. The highest BCUT2D eigenvalue weighted by Crippen LogP contribution is 2.36. The molecule has 5 nitrogen and oxygen atoms in total. The lowest BCUT2D eigenvalue weighted by molar-refractivity contribution is 0.416. The van der Waals surface area contributed by atoms with E-state index in [1.54, 1.807) is 31.8 Å². The quantitative estimate of drug-likeness (QED) is 0.601. The second-order valence-corrected chi connectivity index (χ2v) is 5.49. The smallest absolute Gasteiger partial charge is 0.137 e. The third kappa shape index (κ3) is 2.27. The Morgan fingerprint density at radius 2 is 1.92 bits per heavy atom. The largest absolute Gasteiger partial charge is 0.496 e. The average molecular weight is 316 g/mol. The molecule has 3 heterocycles. The molecule has 0 saturated carbocycles. The number of hydrogen-bond acceptors (Lipinski definition) is 4. The summed E-state index contributed by atoms with van der Waals surface area (Å²) in [6, 6.07) is 11.8. The monoisotopic (exact) mass is 316 g/mol. The predicted octanol–water partition coefficient (Wildman–Crippen LogP) is 3.88. The van der Waals surface area contributed by atoms with Crippen LogP contribution < -0.4 is 10.5 Å². The topological polar surface area (TPSA) is 76.8 Å². The number of nitrogen functional groups attached to an aromatic ring is 1. The Labute approximate surface area is 139 Å². The van der Waals surface area contributed by atoms with E-state index in [2.05, 4.69) is 21.0 Å². The van der Waals surface area contributed by atoms with Crippen LogP contribution >= 0.6 is 0 Å². The van der Waals surface area contributed by atoms with Crippen LogP contribution in [0.2, 0.25) is 0 Å². The van der Waals surface area contributed by atoms with Crippen LogP contribution in [-0.4, -0.2) is 22.1 Å². The van der Waals surface area contributed by atoms with E-state index in [4.69, 9.17) is 10.5 Å². The summed E-state index contributed by atoms with van der Waals surface area (Å²) < 4.78 is 5.49. The van der Waals surface area contributed by atoms with E-state index >= 15 is 0 Å². The number of anilines is 1. The first-order valence-electron chi connectivity index (χ1n) is 7.58. The highest BCUT2D eigenvalue weighted by Gasteiger charge is 2.13. The van der Waals surface area contributed by atoms with Gasteiger partial charge in [0, 0.05) is 58.1 Å². The van der Waals surface area contributed by atoms with E-state index in [0.29, 0.717) is 5.69 Å². The number of nitrogens with two attached hydrogens (primary N) is 1. The standard InChI is InChI=1S/C19H16N4O/c1-24-18-5-3-2-4-13(18)16-11-23-19-14(16)8-12(9-22-19)15-10-21-7-6-17(15)20/h2-11H,1H3,(H2,20,21)(H,22,23). The third-order valence-corrected chi connectivity index (χ3v) is 4.09. The van der Waals surface area contributed by atoms with Crippen LogP contribution in [0.5, 0.6) is 5.75 Å². The van der Waals surface area contributed by atoms with E-state index in [-0.39, 0.29) is 0 Å². The zero-order valence-electron chi connectivity index (χ0n) is 13.2. The highest BCUT2D eigenvalue weighted by atomic mass is 16.5. The lowest BCUT2D eigenvalue weighted by Gasteiger charge is -2.08. The van der Waals surface area contributed by atoms with Gasteiger partial charge >= 0.3 is 0 Å². The Bertz CT molecular complexity index is 1020. The van der Waals surface area contributed by atoms with E-state index in [1.807, 2.05) is 30.5 Å². The van der Waals surface area contributed by atoms with Gasteiger partial charge in [0.1, 0.15) is 11.4 Å². The first-order chi connectivity index (χ1) is 11.8. The lowest BCUT2D eigenvalue weighted by Crippen LogP contribution is -1.91. The van der Waals surface area contributed by atoms with Crippen molar-refractivity contribution in [2.45, 2.75) is 0 Å². The number of para-hydroxylation sites is 1. The van der Waals surface area contributed by atoms with Crippen LogP contribution in [0.4, 0.5) is 5.69 Å². The number of hydrogen-bond donors (Lipinski definition) is 2. The second-order valence-electron chi connectivity index (χ2n) is 5.49. The summed E-state index contributed by atoms with van der Waals surface area (Å²) in [5, 5.41) is 1.01. The van der Waals surface area contributed by atoms with Crippen molar-refractivity contribution in [1.29, 1.82) is 0 Å². The van der Waals surface area contributed by atoms with Crippen LogP contribution in [-0.2, 0) is 0 Å². The van der Waals surface area contributed by atoms with Gasteiger partial charge in [-0.25, -0.2) is 4.98 Å². The number of ether oxygens (including phenoxy) is 1. The molecular weight excluding hydrogens is 300 g/mol. The molecule has 0 spiro atoms. The number of benzene rings is 1. The molecule has 0 fully saturated rings. The first-order valence-corrected chi connectivity index (χ1v) is 7.58. The predicted molar refractivity (Wildman–Crippen MR) is 95.7 cm³/mol. The molecule has 1 aromatic carbocycles. The van der Waals surface area contributed by atoms with Crippen LogP contribution in [0.1, 0.15) is 0 Å². The number of fused-ring (bicyclic) bond motifs is 1. The normalized spacial score (nSPS) is 10.9. The molecule has 0 bridgehead atoms. The van der Waals surface area contributed by atoms with Gasteiger partial charge in [-0.1, -0.05) is 18.2 Å². The van der Waals surface area contributed by atoms with Gasteiger partial charge in [0.15, 0.2) is 0 Å². The number of methoxy groups -OCH3 is 1. The Morgan fingerprint density at radius 1 is 1.04 bits per heavy atom. The fraction of sp³-hybridized carbons (Fsp3) is 0.0526. The number of pyridine rings is 2. The molecule has 24 heavy (non-hydrogen) atoms. The molecule has 5 heteroatoms. The number of nitrogens with zero attached hydrogens (tertiary/aromatic N) is 2. The van der Waals surface area contributed by atoms with Gasteiger partial charge < -0.3 is 15.5 Å². The number of aromatic amines is 1. The Morgan fingerprint density at radius 3 is 2.75 bits per heavy atom. The van der Waals surface area contributed by atoms with Crippen molar-refractivity contribution in [3.63, 3.8) is 0 Å². The summed E-state index contributed by atoms with van der Waals surface area (Å²) in [6.07, 6.45) is 7.19. The molecule has 0 aliphatic carbocycles. The molecule has 4 aromatic rings. The van der Waals surface area contributed by atoms with Crippen molar-refractivity contribution in [1.82, 2.24) is 15.0 Å². The zero-order valence-corrected chi connectivity index (χ0v) is 13.2. The van der Waals surface area contributed by atoms with Gasteiger partial charge in [-0.2, -0.15) is 0 Å². The van der Waals surface area contributed by atoms with Crippen LogP contribution in [0.25, 0.3) is 33.3 Å². The summed E-state index contributed by atoms with van der Waals surface area (Å²) in [5.41, 5.74) is 11.4. The minimum atomic E-state index is 0.681. The molecule has 0 aliphatic rings. The first kappa shape index (κ1) is 14.3. The van der Waals surface area contributed by atoms with Crippen molar-refractivity contribution in [2.24, 2.45) is 0 Å². The van der Waals surface area contributed by atoms with Gasteiger partial charge in [0.2, 0.25) is 0 Å². The summed E-state index contributed by atoms with van der Waals surface area (Å²) in [4.78, 5) is 11.9. The fourth-order valence-electron chi connectivity index (χ4n) is 2.89. The van der Waals surface area contributed by atoms with Crippen LogP contribution in [0.3, 0.4) is 0 Å². The minimum absolute atomic E-state index is 0.681. The van der Waals surface area contributed by atoms with Gasteiger partial charge in [-0.3, -0.25) is 4.98 Å². The van der Waals surface area contributed by atoms with Gasteiger partial charge in [-0.15, -0.1) is 0 Å². The molecule has 0 aliphatic heterocycles. The van der Waals surface area contributed by atoms with Crippen LogP contribution in [0.15, 0.2) is 61.2 Å². The maximum Gasteiger partial charge on any atom is 0.137 e. The van der Waals surface area contributed by atoms with E-state index in [1.165, 1.54) is 0 Å². The molecule has 3 N–H and O–H groups in total. The molecule has 118 valence electrons. The van der Waals surface area contributed by atoms with Crippen molar-refractivity contribution in [3.8, 4) is 28.0 Å². The number of H-pyrrole nitrogens is 1. The highest BCUT2D eigenvalue weighted by molar-refractivity contribution is 5.97. The van der Waals surface area contributed by atoms with E-state index in [9.17, 15) is 0 Å². The molecule has 0 saturated heterocycles. The Hall–Kier alpha value is -3.34. The molecule has 3 aromatic heterocycles. The minimum Gasteiger partial charge on any atom is -0.496 e. The summed E-state index contributed by atoms with van der Waals surface area (Å²) in [6.45, 7) is 0. The number of rotatable bonds is 3. The van der Waals surface area contributed by atoms with Crippen molar-refractivity contribution in [3.05, 3.63) is 61.2 Å². The molecule has 4 rings (SSSR count). The van der Waals surface area contributed by atoms with Crippen LogP contribution in [0, 0.1) is 0 Å². The third-order valence-electron chi connectivity index (χ3n) is 4.09. The summed E-state index contributed by atoms with van der Waals surface area (Å²) >= 11 is 0. The van der Waals surface area contributed by atoms with E-state index < -0.39 is 0 Å². The lowest BCUT2D eigenvalue weighted by atomic mass is 10.0. The van der Waals surface area contributed by atoms with Gasteiger partial charge in [0.05, 0.1) is 7.11 Å². The SMILES string of the molecule is COc1ccccc1-c1c[nH]c2ncc(-c3cnccc3N)cc12. The van der Waals surface area contributed by atoms with Gasteiger partial charge in [0.25, 0.3) is 0 Å². The molecular formula is C19H16N4O. The fourth-order valence-corrected chi connectivity index (χ4v) is 2.89. The molecule has 0 radical (unpaired) electrons. The van der Waals surface area contributed by atoms with E-state index in [0.717, 1.165) is 39.0 Å². The zero-order chi connectivity index (χ0) is 16.5. The number of aromatic nitrogens is 3. The maximum absolute atomic E-state index is 6.07. The molecule has 0 unspecified atom stereocenters.